The van der Waals surface area contributed by atoms with Crippen LogP contribution in [0.5, 0.6) is 11.5 Å². The summed E-state index contributed by atoms with van der Waals surface area (Å²) in [5.74, 6) is 2.47. The van der Waals surface area contributed by atoms with E-state index in [9.17, 15) is 4.79 Å². The van der Waals surface area contributed by atoms with E-state index in [1.807, 2.05) is 23.2 Å². The smallest absolute Gasteiger partial charge is 0.274 e. The van der Waals surface area contributed by atoms with E-state index in [1.54, 1.807) is 18.2 Å². The second-order valence-corrected chi connectivity index (χ2v) is 5.60. The van der Waals surface area contributed by atoms with Gasteiger partial charge < -0.3 is 14.4 Å². The third kappa shape index (κ3) is 2.67. The number of hydrogen-bond donors (Lipinski definition) is 0. The first-order valence-electron chi connectivity index (χ1n) is 7.72. The highest BCUT2D eigenvalue weighted by Gasteiger charge is 2.27. The maximum atomic E-state index is 12.6. The van der Waals surface area contributed by atoms with E-state index in [0.29, 0.717) is 30.2 Å². The van der Waals surface area contributed by atoms with Crippen molar-refractivity contribution in [3.8, 4) is 11.5 Å². The quantitative estimate of drug-likeness (QED) is 0.836. The average Bonchev–Trinajstić information content (AvgIpc) is 3.10. The minimum atomic E-state index is 0.0417. The normalized spacial score (nSPS) is 16.5. The lowest BCUT2D eigenvalue weighted by Crippen LogP contribution is -2.50. The van der Waals surface area contributed by atoms with Gasteiger partial charge >= 0.3 is 0 Å². The van der Waals surface area contributed by atoms with Gasteiger partial charge in [0.1, 0.15) is 13.1 Å². The van der Waals surface area contributed by atoms with Crippen molar-refractivity contribution in [2.45, 2.75) is 0 Å². The Morgan fingerprint density at radius 1 is 1.00 bits per heavy atom. The molecule has 2 aliphatic heterocycles. The molecule has 6 heteroatoms. The van der Waals surface area contributed by atoms with Crippen LogP contribution in [0.2, 0.25) is 0 Å². The number of carbonyl (C=O) groups excluding carboxylic acids is 1. The monoisotopic (exact) mass is 312 g/mol. The lowest BCUT2D eigenvalue weighted by atomic mass is 10.1. The van der Waals surface area contributed by atoms with E-state index in [2.05, 4.69) is 16.0 Å². The van der Waals surface area contributed by atoms with Crippen LogP contribution in [0.15, 0.2) is 42.6 Å². The molecule has 0 unspecified atom stereocenters. The molecule has 1 aromatic carbocycles. The van der Waals surface area contributed by atoms with Crippen molar-refractivity contribution in [1.29, 1.82) is 0 Å². The third-order valence-corrected chi connectivity index (χ3v) is 4.22. The molecule has 1 N–H and O–H groups in total. The molecular weight excluding hydrogens is 294 g/mol. The van der Waals surface area contributed by atoms with E-state index in [0.717, 1.165) is 18.9 Å². The van der Waals surface area contributed by atoms with Gasteiger partial charge in [-0.05, 0) is 24.3 Å². The van der Waals surface area contributed by atoms with Crippen molar-refractivity contribution in [1.82, 2.24) is 4.90 Å². The van der Waals surface area contributed by atoms with Gasteiger partial charge in [0.05, 0.1) is 19.3 Å². The number of ether oxygens (including phenoxy) is 2. The van der Waals surface area contributed by atoms with Gasteiger partial charge in [-0.25, -0.2) is 4.98 Å². The molecule has 1 fully saturated rings. The largest absolute Gasteiger partial charge is 0.454 e. The van der Waals surface area contributed by atoms with Gasteiger partial charge in [-0.1, -0.05) is 6.07 Å². The average molecular weight is 312 g/mol. The Labute approximate surface area is 134 Å². The number of piperazine rings is 1. The summed E-state index contributed by atoms with van der Waals surface area (Å²) in [6, 6.07) is 11.4. The van der Waals surface area contributed by atoms with E-state index in [4.69, 9.17) is 9.47 Å². The summed E-state index contributed by atoms with van der Waals surface area (Å²) in [5.41, 5.74) is 0.647. The number of nitrogens with zero attached hydrogens (tertiary/aromatic N) is 2. The highest BCUT2D eigenvalue weighted by molar-refractivity contribution is 5.95. The maximum Gasteiger partial charge on any atom is 0.274 e. The number of anilines is 1. The van der Waals surface area contributed by atoms with Crippen LogP contribution in [0, 0.1) is 0 Å². The summed E-state index contributed by atoms with van der Waals surface area (Å²) in [7, 11) is 0. The van der Waals surface area contributed by atoms with Gasteiger partial charge in [0, 0.05) is 11.6 Å². The molecule has 1 amide bonds. The predicted octanol–water partition coefficient (Wildman–Crippen LogP) is 1.19. The zero-order valence-corrected chi connectivity index (χ0v) is 12.7. The standard InChI is InChI=1S/C17H17N3O3/c21-17(13-4-5-14-15(11-13)23-12-22-14)20-9-7-19(8-10-20)16-3-1-2-6-18-16/h1-6,11H,7-10,12H2/p+1. The number of aromatic nitrogens is 1. The second-order valence-electron chi connectivity index (χ2n) is 5.60. The Bertz CT molecular complexity index is 712. The van der Waals surface area contributed by atoms with Gasteiger partial charge in [0.2, 0.25) is 6.79 Å². The Hall–Kier alpha value is -2.76. The summed E-state index contributed by atoms with van der Waals surface area (Å²) in [4.78, 5) is 20.0. The van der Waals surface area contributed by atoms with Crippen LogP contribution in [0.25, 0.3) is 0 Å². The fourth-order valence-corrected chi connectivity index (χ4v) is 2.94. The summed E-state index contributed by atoms with van der Waals surface area (Å²) < 4.78 is 10.6. The highest BCUT2D eigenvalue weighted by Crippen LogP contribution is 2.32. The van der Waals surface area contributed by atoms with Crippen LogP contribution in [0.3, 0.4) is 0 Å². The lowest BCUT2D eigenvalue weighted by Gasteiger charge is -2.31. The van der Waals surface area contributed by atoms with Crippen LogP contribution in [0.1, 0.15) is 10.4 Å². The van der Waals surface area contributed by atoms with Crippen LogP contribution in [-0.4, -0.2) is 43.8 Å². The number of amides is 1. The van der Waals surface area contributed by atoms with Crippen molar-refractivity contribution < 1.29 is 19.3 Å². The minimum absolute atomic E-state index is 0.0417. The van der Waals surface area contributed by atoms with E-state index in [1.165, 1.54) is 0 Å². The number of hydrogen-bond acceptors (Lipinski definition) is 4. The molecule has 23 heavy (non-hydrogen) atoms. The molecule has 0 saturated carbocycles. The molecule has 0 radical (unpaired) electrons. The van der Waals surface area contributed by atoms with Gasteiger partial charge in [-0.3, -0.25) is 9.69 Å². The number of H-pyrrole nitrogens is 1. The fraction of sp³-hybridized carbons (Fsp3) is 0.294. The molecule has 118 valence electrons. The van der Waals surface area contributed by atoms with Gasteiger partial charge in [0.25, 0.3) is 11.7 Å². The summed E-state index contributed by atoms with van der Waals surface area (Å²) in [6.45, 7) is 3.26. The Morgan fingerprint density at radius 2 is 1.83 bits per heavy atom. The SMILES string of the molecule is O=C(c1ccc2c(c1)OCO2)N1CCN(c2cccc[nH+]2)CC1. The Morgan fingerprint density at radius 3 is 2.61 bits per heavy atom. The van der Waals surface area contributed by atoms with Crippen LogP contribution in [-0.2, 0) is 0 Å². The van der Waals surface area contributed by atoms with Crippen LogP contribution in [0.4, 0.5) is 5.82 Å². The molecular formula is C17H18N3O3+. The van der Waals surface area contributed by atoms with Crippen LogP contribution >= 0.6 is 0 Å². The van der Waals surface area contributed by atoms with Gasteiger partial charge in [-0.15, -0.1) is 0 Å². The van der Waals surface area contributed by atoms with Crippen molar-refractivity contribution in [3.05, 3.63) is 48.2 Å². The van der Waals surface area contributed by atoms with Crippen molar-refractivity contribution >= 4 is 11.7 Å². The molecule has 3 heterocycles. The lowest BCUT2D eigenvalue weighted by molar-refractivity contribution is -0.364. The molecule has 2 aliphatic rings. The number of carbonyl (C=O) groups is 1. The van der Waals surface area contributed by atoms with Crippen molar-refractivity contribution in [2.24, 2.45) is 0 Å². The second kappa shape index (κ2) is 5.79. The number of nitrogens with one attached hydrogen (secondary N) is 1. The molecule has 1 aromatic heterocycles. The minimum Gasteiger partial charge on any atom is -0.454 e. The molecule has 0 spiro atoms. The van der Waals surface area contributed by atoms with E-state index in [-0.39, 0.29) is 12.7 Å². The zero-order chi connectivity index (χ0) is 15.6. The molecule has 4 rings (SSSR count). The van der Waals surface area contributed by atoms with Crippen molar-refractivity contribution in [3.63, 3.8) is 0 Å². The first-order chi connectivity index (χ1) is 11.3. The maximum absolute atomic E-state index is 12.6. The number of fused-ring (bicyclic) bond motifs is 1. The van der Waals surface area contributed by atoms with E-state index < -0.39 is 0 Å². The predicted molar refractivity (Wildman–Crippen MR) is 83.7 cm³/mol. The number of pyridine rings is 1. The van der Waals surface area contributed by atoms with Crippen molar-refractivity contribution in [2.75, 3.05) is 37.9 Å². The fourth-order valence-electron chi connectivity index (χ4n) is 2.94. The van der Waals surface area contributed by atoms with Crippen LogP contribution < -0.4 is 19.4 Å². The van der Waals surface area contributed by atoms with Gasteiger partial charge in [0.15, 0.2) is 11.5 Å². The van der Waals surface area contributed by atoms with Gasteiger partial charge in [-0.2, -0.15) is 0 Å². The molecule has 6 nitrogen and oxygen atoms in total. The Kier molecular flexibility index (Phi) is 3.49. The molecule has 2 aromatic rings. The Balaban J connectivity index is 1.43. The molecule has 0 bridgehead atoms. The summed E-state index contributed by atoms with van der Waals surface area (Å²) in [5, 5.41) is 0. The zero-order valence-electron chi connectivity index (χ0n) is 12.7. The number of benzene rings is 1. The number of rotatable bonds is 2. The third-order valence-electron chi connectivity index (χ3n) is 4.22. The number of aromatic amines is 1. The first-order valence-corrected chi connectivity index (χ1v) is 7.72. The molecule has 0 aliphatic carbocycles. The molecule has 1 saturated heterocycles. The topological polar surface area (TPSA) is 56.2 Å². The van der Waals surface area contributed by atoms with E-state index >= 15 is 0 Å². The highest BCUT2D eigenvalue weighted by atomic mass is 16.7. The summed E-state index contributed by atoms with van der Waals surface area (Å²) >= 11 is 0. The first kappa shape index (κ1) is 13.9. The summed E-state index contributed by atoms with van der Waals surface area (Å²) in [6.07, 6.45) is 1.92. The molecule has 0 atom stereocenters.